The van der Waals surface area contributed by atoms with Crippen LogP contribution in [0.5, 0.6) is 0 Å². The van der Waals surface area contributed by atoms with E-state index in [0.29, 0.717) is 5.56 Å². The van der Waals surface area contributed by atoms with Crippen LogP contribution in [-0.4, -0.2) is 9.38 Å². The molecule has 3 aromatic rings. The molecule has 96 valence electrons. The van der Waals surface area contributed by atoms with Crippen LogP contribution >= 0.6 is 0 Å². The molecule has 0 spiro atoms. The Hall–Kier alpha value is -2.20. The predicted octanol–water partition coefficient (Wildman–Crippen LogP) is 3.16. The molecule has 0 bridgehead atoms. The van der Waals surface area contributed by atoms with Crippen LogP contribution in [0.25, 0.3) is 16.9 Å². The van der Waals surface area contributed by atoms with Crippen LogP contribution in [0.4, 0.5) is 4.39 Å². The van der Waals surface area contributed by atoms with Gasteiger partial charge < -0.3 is 5.73 Å². The highest BCUT2D eigenvalue weighted by atomic mass is 19.1. The summed E-state index contributed by atoms with van der Waals surface area (Å²) in [4.78, 5) is 4.21. The monoisotopic (exact) mass is 255 g/mol. The summed E-state index contributed by atoms with van der Waals surface area (Å²) in [7, 11) is 0. The number of fused-ring (bicyclic) bond motifs is 1. The highest BCUT2D eigenvalue weighted by Crippen LogP contribution is 2.26. The van der Waals surface area contributed by atoms with Gasteiger partial charge in [0.2, 0.25) is 0 Å². The largest absolute Gasteiger partial charge is 0.324 e. The van der Waals surface area contributed by atoms with Crippen molar-refractivity contribution in [1.82, 2.24) is 9.38 Å². The number of pyridine rings is 1. The van der Waals surface area contributed by atoms with Gasteiger partial charge in [-0.3, -0.25) is 4.40 Å². The molecule has 1 atom stereocenters. The molecule has 0 saturated heterocycles. The molecule has 0 radical (unpaired) electrons. The van der Waals surface area contributed by atoms with Gasteiger partial charge in [-0.2, -0.15) is 0 Å². The third-order valence-corrected chi connectivity index (χ3v) is 3.22. The van der Waals surface area contributed by atoms with Gasteiger partial charge in [0.15, 0.2) is 0 Å². The third kappa shape index (κ3) is 2.00. The van der Waals surface area contributed by atoms with Crippen molar-refractivity contribution in [2.45, 2.75) is 13.0 Å². The quantitative estimate of drug-likeness (QED) is 0.764. The normalized spacial score (nSPS) is 12.8. The van der Waals surface area contributed by atoms with Gasteiger partial charge in [0.1, 0.15) is 11.5 Å². The second-order valence-electron chi connectivity index (χ2n) is 4.59. The Bertz CT molecular complexity index is 731. The van der Waals surface area contributed by atoms with Gasteiger partial charge in [0.05, 0.1) is 5.69 Å². The summed E-state index contributed by atoms with van der Waals surface area (Å²) in [5, 5.41) is 0. The van der Waals surface area contributed by atoms with E-state index < -0.39 is 0 Å². The van der Waals surface area contributed by atoms with Crippen LogP contribution in [0.15, 0.2) is 48.8 Å². The SMILES string of the molecule is CC(N)c1ccc(F)c(-c2cccc3nccn23)c1. The van der Waals surface area contributed by atoms with E-state index in [4.69, 9.17) is 5.73 Å². The minimum atomic E-state index is -0.259. The lowest BCUT2D eigenvalue weighted by Crippen LogP contribution is -2.05. The van der Waals surface area contributed by atoms with Crippen molar-refractivity contribution in [3.05, 3.63) is 60.2 Å². The highest BCUT2D eigenvalue weighted by molar-refractivity contribution is 5.65. The Morgan fingerprint density at radius 3 is 2.89 bits per heavy atom. The molecule has 2 N–H and O–H groups in total. The summed E-state index contributed by atoms with van der Waals surface area (Å²) < 4.78 is 15.9. The molecule has 19 heavy (non-hydrogen) atoms. The van der Waals surface area contributed by atoms with Crippen LogP contribution in [0.1, 0.15) is 18.5 Å². The summed E-state index contributed by atoms with van der Waals surface area (Å²) in [6.45, 7) is 1.88. The Morgan fingerprint density at radius 1 is 1.26 bits per heavy atom. The third-order valence-electron chi connectivity index (χ3n) is 3.22. The van der Waals surface area contributed by atoms with Crippen molar-refractivity contribution < 1.29 is 4.39 Å². The molecule has 4 heteroatoms. The molecule has 3 rings (SSSR count). The minimum Gasteiger partial charge on any atom is -0.324 e. The summed E-state index contributed by atoms with van der Waals surface area (Å²) in [6, 6.07) is 10.5. The maximum atomic E-state index is 14.1. The first-order valence-corrected chi connectivity index (χ1v) is 6.14. The van der Waals surface area contributed by atoms with Gasteiger partial charge in [-0.25, -0.2) is 9.37 Å². The van der Waals surface area contributed by atoms with E-state index in [9.17, 15) is 4.39 Å². The molecule has 3 nitrogen and oxygen atoms in total. The first kappa shape index (κ1) is 11.9. The Balaban J connectivity index is 2.26. The molecule has 0 aliphatic heterocycles. The van der Waals surface area contributed by atoms with E-state index in [1.807, 2.05) is 35.7 Å². The van der Waals surface area contributed by atoms with E-state index >= 15 is 0 Å². The van der Waals surface area contributed by atoms with E-state index in [2.05, 4.69) is 4.98 Å². The predicted molar refractivity (Wildman–Crippen MR) is 73.2 cm³/mol. The average Bonchev–Trinajstić information content (AvgIpc) is 2.87. The average molecular weight is 255 g/mol. The molecular weight excluding hydrogens is 241 g/mol. The van der Waals surface area contributed by atoms with Crippen molar-refractivity contribution in [3.8, 4) is 11.3 Å². The lowest BCUT2D eigenvalue weighted by atomic mass is 10.0. The number of imidazole rings is 1. The first-order chi connectivity index (χ1) is 9.16. The number of halogens is 1. The fourth-order valence-electron chi connectivity index (χ4n) is 2.19. The Labute approximate surface area is 110 Å². The molecular formula is C15H14FN3. The van der Waals surface area contributed by atoms with Gasteiger partial charge >= 0.3 is 0 Å². The zero-order valence-electron chi connectivity index (χ0n) is 10.5. The number of nitrogens with zero attached hydrogens (tertiary/aromatic N) is 2. The zero-order valence-corrected chi connectivity index (χ0v) is 10.5. The molecule has 2 heterocycles. The molecule has 0 aliphatic carbocycles. The summed E-state index contributed by atoms with van der Waals surface area (Å²) in [5.74, 6) is -0.259. The maximum absolute atomic E-state index is 14.1. The van der Waals surface area contributed by atoms with Gasteiger partial charge in [-0.05, 0) is 36.8 Å². The van der Waals surface area contributed by atoms with Crippen molar-refractivity contribution in [2.24, 2.45) is 5.73 Å². The first-order valence-electron chi connectivity index (χ1n) is 6.14. The van der Waals surface area contributed by atoms with Crippen molar-refractivity contribution >= 4 is 5.65 Å². The van der Waals surface area contributed by atoms with E-state index in [-0.39, 0.29) is 11.9 Å². The topological polar surface area (TPSA) is 43.3 Å². The maximum Gasteiger partial charge on any atom is 0.137 e. The number of nitrogens with two attached hydrogens (primary N) is 1. The number of hydrogen-bond donors (Lipinski definition) is 1. The molecule has 1 unspecified atom stereocenters. The van der Waals surface area contributed by atoms with Gasteiger partial charge in [-0.1, -0.05) is 12.1 Å². The second kappa shape index (κ2) is 4.48. The van der Waals surface area contributed by atoms with Crippen LogP contribution in [0.2, 0.25) is 0 Å². The number of aromatic nitrogens is 2. The second-order valence-corrected chi connectivity index (χ2v) is 4.59. The Morgan fingerprint density at radius 2 is 2.11 bits per heavy atom. The van der Waals surface area contributed by atoms with Gasteiger partial charge in [-0.15, -0.1) is 0 Å². The lowest BCUT2D eigenvalue weighted by Gasteiger charge is -2.11. The van der Waals surface area contributed by atoms with E-state index in [0.717, 1.165) is 16.9 Å². The fourth-order valence-corrected chi connectivity index (χ4v) is 2.19. The molecule has 1 aromatic carbocycles. The number of hydrogen-bond acceptors (Lipinski definition) is 2. The molecule has 0 saturated carbocycles. The zero-order chi connectivity index (χ0) is 13.4. The van der Waals surface area contributed by atoms with Crippen LogP contribution in [-0.2, 0) is 0 Å². The van der Waals surface area contributed by atoms with Gasteiger partial charge in [0.25, 0.3) is 0 Å². The fraction of sp³-hybridized carbons (Fsp3) is 0.133. The number of rotatable bonds is 2. The van der Waals surface area contributed by atoms with E-state index in [1.54, 1.807) is 18.3 Å². The summed E-state index contributed by atoms with van der Waals surface area (Å²) >= 11 is 0. The number of benzene rings is 1. The van der Waals surface area contributed by atoms with Crippen LogP contribution in [0.3, 0.4) is 0 Å². The van der Waals surface area contributed by atoms with Crippen LogP contribution in [0, 0.1) is 5.82 Å². The molecule has 0 aliphatic rings. The molecule has 0 fully saturated rings. The Kier molecular flexibility index (Phi) is 2.80. The van der Waals surface area contributed by atoms with E-state index in [1.165, 1.54) is 6.07 Å². The van der Waals surface area contributed by atoms with Crippen LogP contribution < -0.4 is 5.73 Å². The molecule has 0 amide bonds. The smallest absolute Gasteiger partial charge is 0.137 e. The van der Waals surface area contributed by atoms with Crippen molar-refractivity contribution in [3.63, 3.8) is 0 Å². The lowest BCUT2D eigenvalue weighted by molar-refractivity contribution is 0.628. The standard InChI is InChI=1S/C15H14FN3/c1-10(17)11-5-6-13(16)12(9-11)14-3-2-4-15-18-7-8-19(14)15/h2-10H,17H2,1H3. The molecule has 2 aromatic heterocycles. The van der Waals surface area contributed by atoms with Crippen molar-refractivity contribution in [1.29, 1.82) is 0 Å². The minimum absolute atomic E-state index is 0.124. The summed E-state index contributed by atoms with van der Waals surface area (Å²) in [6.07, 6.45) is 3.52. The highest BCUT2D eigenvalue weighted by Gasteiger charge is 2.11. The van der Waals surface area contributed by atoms with Crippen molar-refractivity contribution in [2.75, 3.05) is 0 Å². The summed E-state index contributed by atoms with van der Waals surface area (Å²) in [5.41, 5.74) is 8.88. The van der Waals surface area contributed by atoms with Gasteiger partial charge in [0, 0.05) is 24.0 Å².